The SMILES string of the molecule is CCCCC(CC)Cc1sc(-c2ccc(-c3ccnc(-c4cc(C(=O)O)cc(-c5cc(C(=O)O)ccn5)n4)c3)o2)c2c1OCCO2. The molecule has 0 saturated carbocycles. The third kappa shape index (κ3) is 6.50. The number of carboxylic acid groups (broad SMARTS) is 2. The second-order valence-electron chi connectivity index (χ2n) is 11.1. The second kappa shape index (κ2) is 13.5. The number of aromatic carboxylic acids is 2. The van der Waals surface area contributed by atoms with Gasteiger partial charge in [0.25, 0.3) is 0 Å². The average Bonchev–Trinajstić information content (AvgIpc) is 3.72. The van der Waals surface area contributed by atoms with Crippen molar-refractivity contribution in [2.24, 2.45) is 5.92 Å². The predicted molar refractivity (Wildman–Crippen MR) is 174 cm³/mol. The lowest BCUT2D eigenvalue weighted by Gasteiger charge is -2.18. The minimum atomic E-state index is -1.16. The molecular weight excluding hydrogens is 606 g/mol. The number of fused-ring (bicyclic) bond motifs is 1. The Morgan fingerprint density at radius 3 is 2.17 bits per heavy atom. The zero-order chi connectivity index (χ0) is 32.2. The summed E-state index contributed by atoms with van der Waals surface area (Å²) < 4.78 is 18.6. The predicted octanol–water partition coefficient (Wildman–Crippen LogP) is 8.12. The third-order valence-electron chi connectivity index (χ3n) is 7.96. The Kier molecular flexibility index (Phi) is 9.11. The van der Waals surface area contributed by atoms with Crippen LogP contribution in [0.15, 0.2) is 65.3 Å². The zero-order valence-electron chi connectivity index (χ0n) is 25.5. The van der Waals surface area contributed by atoms with Crippen molar-refractivity contribution < 1.29 is 33.7 Å². The maximum absolute atomic E-state index is 12.0. The van der Waals surface area contributed by atoms with Crippen molar-refractivity contribution in [3.05, 3.63) is 76.9 Å². The smallest absolute Gasteiger partial charge is 0.335 e. The first kappa shape index (κ1) is 31.0. The fourth-order valence-corrected chi connectivity index (χ4v) is 6.74. The van der Waals surface area contributed by atoms with Crippen molar-refractivity contribution in [3.8, 4) is 56.2 Å². The van der Waals surface area contributed by atoms with Crippen LogP contribution < -0.4 is 9.47 Å². The van der Waals surface area contributed by atoms with Crippen LogP contribution in [0.1, 0.15) is 65.1 Å². The number of pyridine rings is 3. The van der Waals surface area contributed by atoms with E-state index in [2.05, 4.69) is 28.8 Å². The van der Waals surface area contributed by atoms with Gasteiger partial charge in [0.1, 0.15) is 29.6 Å². The van der Waals surface area contributed by atoms with E-state index in [9.17, 15) is 19.8 Å². The molecule has 236 valence electrons. The zero-order valence-corrected chi connectivity index (χ0v) is 26.3. The Morgan fingerprint density at radius 1 is 0.826 bits per heavy atom. The summed E-state index contributed by atoms with van der Waals surface area (Å²) in [5.41, 5.74) is 1.86. The van der Waals surface area contributed by atoms with Crippen LogP contribution in [-0.2, 0) is 6.42 Å². The molecule has 0 amide bonds. The van der Waals surface area contributed by atoms with Gasteiger partial charge in [-0.1, -0.05) is 39.5 Å². The molecule has 6 heterocycles. The van der Waals surface area contributed by atoms with Gasteiger partial charge in [0.15, 0.2) is 11.5 Å². The Morgan fingerprint density at radius 2 is 1.48 bits per heavy atom. The fourth-order valence-electron chi connectivity index (χ4n) is 5.47. The van der Waals surface area contributed by atoms with Crippen molar-refractivity contribution in [1.82, 2.24) is 15.0 Å². The topological polar surface area (TPSA) is 145 Å². The number of nitrogens with zero attached hydrogens (tertiary/aromatic N) is 3. The highest BCUT2D eigenvalue weighted by atomic mass is 32.1. The van der Waals surface area contributed by atoms with E-state index in [1.807, 2.05) is 12.1 Å². The molecule has 5 aromatic rings. The molecule has 0 aliphatic carbocycles. The largest absolute Gasteiger partial charge is 0.485 e. The Labute approximate surface area is 269 Å². The number of aromatic nitrogens is 3. The van der Waals surface area contributed by atoms with Crippen LogP contribution in [0, 0.1) is 5.92 Å². The maximum Gasteiger partial charge on any atom is 0.335 e. The quantitative estimate of drug-likeness (QED) is 0.137. The molecule has 0 fully saturated rings. The molecule has 11 heteroatoms. The molecule has 1 unspecified atom stereocenters. The van der Waals surface area contributed by atoms with E-state index in [-0.39, 0.29) is 22.5 Å². The number of furan rings is 1. The molecule has 0 spiro atoms. The Balaban J connectivity index is 1.33. The summed E-state index contributed by atoms with van der Waals surface area (Å²) in [7, 11) is 0. The summed E-state index contributed by atoms with van der Waals surface area (Å²) in [4.78, 5) is 38.9. The second-order valence-corrected chi connectivity index (χ2v) is 12.2. The highest BCUT2D eigenvalue weighted by molar-refractivity contribution is 7.16. The van der Waals surface area contributed by atoms with Crippen molar-refractivity contribution in [2.75, 3.05) is 13.2 Å². The normalized spacial score (nSPS) is 13.0. The van der Waals surface area contributed by atoms with Gasteiger partial charge in [-0.05, 0) is 60.9 Å². The van der Waals surface area contributed by atoms with E-state index < -0.39 is 11.9 Å². The van der Waals surface area contributed by atoms with Gasteiger partial charge in [-0.15, -0.1) is 11.3 Å². The van der Waals surface area contributed by atoms with Crippen LogP contribution in [0.4, 0.5) is 0 Å². The molecule has 1 aliphatic rings. The van der Waals surface area contributed by atoms with E-state index >= 15 is 0 Å². The number of hydrogen-bond donors (Lipinski definition) is 2. The van der Waals surface area contributed by atoms with Crippen LogP contribution in [-0.4, -0.2) is 50.3 Å². The van der Waals surface area contributed by atoms with Crippen LogP contribution >= 0.6 is 11.3 Å². The molecule has 1 aliphatic heterocycles. The molecule has 46 heavy (non-hydrogen) atoms. The standard InChI is InChI=1S/C35H33N3O7S/c1-3-5-6-20(4-2)15-30-31-32(44-14-13-43-31)33(46-30)29-8-7-28(45-29)21-9-11-36-24(16-21)26-18-23(35(41)42)19-27(38-26)25-17-22(34(39)40)10-12-37-25/h7-12,16-20H,3-6,13-15H2,1-2H3,(H,39,40)(H,41,42). The lowest BCUT2D eigenvalue weighted by molar-refractivity contribution is 0.0686. The molecule has 0 bridgehead atoms. The van der Waals surface area contributed by atoms with Gasteiger partial charge >= 0.3 is 11.9 Å². The summed E-state index contributed by atoms with van der Waals surface area (Å²) in [6.45, 7) is 5.45. The summed E-state index contributed by atoms with van der Waals surface area (Å²) in [6, 6.07) is 12.9. The number of rotatable bonds is 12. The Hall–Kier alpha value is -5.03. The first-order chi connectivity index (χ1) is 22.3. The molecule has 6 rings (SSSR count). The van der Waals surface area contributed by atoms with Crippen molar-refractivity contribution >= 4 is 23.3 Å². The van der Waals surface area contributed by atoms with Crippen LogP contribution in [0.3, 0.4) is 0 Å². The monoisotopic (exact) mass is 639 g/mol. The maximum atomic E-state index is 12.0. The molecule has 0 saturated heterocycles. The summed E-state index contributed by atoms with van der Waals surface area (Å²) in [5, 5.41) is 19.2. The van der Waals surface area contributed by atoms with Crippen molar-refractivity contribution in [3.63, 3.8) is 0 Å². The first-order valence-corrected chi connectivity index (χ1v) is 16.1. The van der Waals surface area contributed by atoms with E-state index in [0.29, 0.717) is 42.0 Å². The minimum Gasteiger partial charge on any atom is -0.485 e. The molecule has 0 radical (unpaired) electrons. The highest BCUT2D eigenvalue weighted by Crippen LogP contribution is 2.51. The van der Waals surface area contributed by atoms with E-state index in [4.69, 9.17) is 13.9 Å². The van der Waals surface area contributed by atoms with Gasteiger partial charge in [0.2, 0.25) is 0 Å². The molecule has 10 nitrogen and oxygen atoms in total. The van der Waals surface area contributed by atoms with E-state index in [1.54, 1.807) is 29.7 Å². The lowest BCUT2D eigenvalue weighted by atomic mass is 9.95. The highest BCUT2D eigenvalue weighted by Gasteiger charge is 2.28. The summed E-state index contributed by atoms with van der Waals surface area (Å²) >= 11 is 1.66. The van der Waals surface area contributed by atoms with Gasteiger partial charge < -0.3 is 24.1 Å². The third-order valence-corrected chi connectivity index (χ3v) is 9.15. The number of carbonyl (C=O) groups is 2. The summed E-state index contributed by atoms with van der Waals surface area (Å²) in [6.07, 6.45) is 8.56. The number of unbranched alkanes of at least 4 members (excludes halogenated alkanes) is 1. The molecule has 5 aromatic heterocycles. The Bertz CT molecular complexity index is 1900. The number of hydrogen-bond acceptors (Lipinski definition) is 9. The molecule has 0 aromatic carbocycles. The van der Waals surface area contributed by atoms with Crippen molar-refractivity contribution in [2.45, 2.75) is 46.0 Å². The molecular formula is C35H33N3O7S. The number of carboxylic acids is 2. The van der Waals surface area contributed by atoms with Crippen LogP contribution in [0.25, 0.3) is 44.7 Å². The summed E-state index contributed by atoms with van der Waals surface area (Å²) in [5.74, 6) is 1.12. The van der Waals surface area contributed by atoms with E-state index in [0.717, 1.165) is 34.8 Å². The van der Waals surface area contributed by atoms with Gasteiger partial charge in [-0.2, -0.15) is 0 Å². The average molecular weight is 640 g/mol. The minimum absolute atomic E-state index is 0.0144. The van der Waals surface area contributed by atoms with Gasteiger partial charge in [-0.25, -0.2) is 14.6 Å². The van der Waals surface area contributed by atoms with Crippen molar-refractivity contribution in [1.29, 1.82) is 0 Å². The molecule has 1 atom stereocenters. The van der Waals surface area contributed by atoms with Crippen LogP contribution in [0.2, 0.25) is 0 Å². The van der Waals surface area contributed by atoms with Crippen LogP contribution in [0.5, 0.6) is 11.5 Å². The lowest BCUT2D eigenvalue weighted by Crippen LogP contribution is -2.15. The van der Waals surface area contributed by atoms with Gasteiger partial charge in [-0.3, -0.25) is 9.97 Å². The number of thiophene rings is 1. The fraction of sp³-hybridized carbons (Fsp3) is 0.286. The van der Waals surface area contributed by atoms with E-state index in [1.165, 1.54) is 54.6 Å². The van der Waals surface area contributed by atoms with Gasteiger partial charge in [0, 0.05) is 18.0 Å². The first-order valence-electron chi connectivity index (χ1n) is 15.3. The van der Waals surface area contributed by atoms with Gasteiger partial charge in [0.05, 0.1) is 38.8 Å². The number of ether oxygens (including phenoxy) is 2. The molecule has 2 N–H and O–H groups in total.